The van der Waals surface area contributed by atoms with Crippen molar-refractivity contribution in [3.63, 3.8) is 0 Å². The Morgan fingerprint density at radius 1 is 1.08 bits per heavy atom. The van der Waals surface area contributed by atoms with Gasteiger partial charge in [-0.15, -0.1) is 0 Å². The number of nitrogens with one attached hydrogen (secondary N) is 2. The van der Waals surface area contributed by atoms with E-state index in [1.165, 1.54) is 18.5 Å². The highest BCUT2D eigenvalue weighted by molar-refractivity contribution is 5.77. The lowest BCUT2D eigenvalue weighted by Gasteiger charge is -2.17. The molecule has 0 spiro atoms. The molecule has 1 aromatic heterocycles. The van der Waals surface area contributed by atoms with E-state index < -0.39 is 0 Å². The summed E-state index contributed by atoms with van der Waals surface area (Å²) in [6.07, 6.45) is 1.66. The second kappa shape index (κ2) is 7.50. The smallest absolute Gasteiger partial charge is 0.221 e. The average molecular weight is 324 g/mol. The number of carbonyl (C=O) groups excluding carboxylic acids is 1. The number of rotatable bonds is 6. The van der Waals surface area contributed by atoms with Gasteiger partial charge in [-0.2, -0.15) is 5.10 Å². The van der Waals surface area contributed by atoms with Crippen LogP contribution in [0.1, 0.15) is 29.3 Å². The van der Waals surface area contributed by atoms with Gasteiger partial charge >= 0.3 is 0 Å². The molecule has 0 saturated carbocycles. The summed E-state index contributed by atoms with van der Waals surface area (Å²) in [6, 6.07) is 16.0. The first-order valence-electron chi connectivity index (χ1n) is 7.64. The SMILES string of the molecule is O=C(CC(c1ccccc1)c1ccc(F)cc1)NCc1ncn[nH]1. The summed E-state index contributed by atoms with van der Waals surface area (Å²) in [5, 5.41) is 9.26. The van der Waals surface area contributed by atoms with E-state index in [1.807, 2.05) is 30.3 Å². The van der Waals surface area contributed by atoms with Gasteiger partial charge in [0.15, 0.2) is 0 Å². The summed E-state index contributed by atoms with van der Waals surface area (Å²) in [6.45, 7) is 0.295. The molecule has 1 amide bonds. The Bertz CT molecular complexity index is 773. The molecule has 3 rings (SSSR count). The molecule has 3 aromatic rings. The van der Waals surface area contributed by atoms with E-state index in [1.54, 1.807) is 12.1 Å². The van der Waals surface area contributed by atoms with Crippen molar-refractivity contribution < 1.29 is 9.18 Å². The number of benzene rings is 2. The average Bonchev–Trinajstić information content (AvgIpc) is 3.13. The Kier molecular flexibility index (Phi) is 4.96. The van der Waals surface area contributed by atoms with Crippen LogP contribution >= 0.6 is 0 Å². The van der Waals surface area contributed by atoms with Crippen LogP contribution in [0.25, 0.3) is 0 Å². The quantitative estimate of drug-likeness (QED) is 0.732. The highest BCUT2D eigenvalue weighted by atomic mass is 19.1. The normalized spacial score (nSPS) is 11.9. The fraction of sp³-hybridized carbons (Fsp3) is 0.167. The minimum Gasteiger partial charge on any atom is -0.349 e. The molecule has 0 fully saturated rings. The summed E-state index contributed by atoms with van der Waals surface area (Å²) < 4.78 is 13.2. The zero-order chi connectivity index (χ0) is 16.8. The molecule has 2 aromatic carbocycles. The van der Waals surface area contributed by atoms with Gasteiger partial charge in [0.1, 0.15) is 18.0 Å². The Morgan fingerprint density at radius 2 is 1.79 bits per heavy atom. The van der Waals surface area contributed by atoms with Crippen LogP contribution in [0.15, 0.2) is 60.9 Å². The lowest BCUT2D eigenvalue weighted by molar-refractivity contribution is -0.121. The van der Waals surface area contributed by atoms with Gasteiger partial charge in [0, 0.05) is 12.3 Å². The molecule has 122 valence electrons. The summed E-state index contributed by atoms with van der Waals surface area (Å²) in [4.78, 5) is 16.3. The number of hydrogen-bond donors (Lipinski definition) is 2. The van der Waals surface area contributed by atoms with Gasteiger partial charge in [-0.25, -0.2) is 9.37 Å². The number of aromatic nitrogens is 3. The van der Waals surface area contributed by atoms with Crippen molar-refractivity contribution in [3.8, 4) is 0 Å². The third-order valence-electron chi connectivity index (χ3n) is 3.78. The Morgan fingerprint density at radius 3 is 2.46 bits per heavy atom. The topological polar surface area (TPSA) is 70.7 Å². The van der Waals surface area contributed by atoms with E-state index in [4.69, 9.17) is 0 Å². The van der Waals surface area contributed by atoms with Gasteiger partial charge in [-0.1, -0.05) is 42.5 Å². The molecule has 0 saturated heterocycles. The first-order chi connectivity index (χ1) is 11.7. The number of halogens is 1. The van der Waals surface area contributed by atoms with Crippen molar-refractivity contribution in [1.29, 1.82) is 0 Å². The van der Waals surface area contributed by atoms with E-state index in [0.717, 1.165) is 11.1 Å². The molecule has 2 N–H and O–H groups in total. The highest BCUT2D eigenvalue weighted by Gasteiger charge is 2.18. The maximum atomic E-state index is 13.2. The summed E-state index contributed by atoms with van der Waals surface area (Å²) in [5.41, 5.74) is 1.91. The number of H-pyrrole nitrogens is 1. The highest BCUT2D eigenvalue weighted by Crippen LogP contribution is 2.28. The number of carbonyl (C=O) groups is 1. The van der Waals surface area contributed by atoms with Crippen molar-refractivity contribution in [2.75, 3.05) is 0 Å². The van der Waals surface area contributed by atoms with Gasteiger partial charge in [-0.3, -0.25) is 9.89 Å². The lowest BCUT2D eigenvalue weighted by atomic mass is 9.88. The molecular formula is C18H17FN4O. The molecule has 0 radical (unpaired) electrons. The first kappa shape index (κ1) is 15.9. The minimum absolute atomic E-state index is 0.107. The Balaban J connectivity index is 1.74. The van der Waals surface area contributed by atoms with Crippen LogP contribution in [0.2, 0.25) is 0 Å². The minimum atomic E-state index is -0.291. The van der Waals surface area contributed by atoms with Gasteiger partial charge in [0.25, 0.3) is 0 Å². The van der Waals surface area contributed by atoms with Crippen LogP contribution in [-0.2, 0) is 11.3 Å². The largest absolute Gasteiger partial charge is 0.349 e. The van der Waals surface area contributed by atoms with Crippen molar-refractivity contribution in [2.24, 2.45) is 0 Å². The van der Waals surface area contributed by atoms with Crippen LogP contribution in [0.3, 0.4) is 0 Å². The number of aromatic amines is 1. The van der Waals surface area contributed by atoms with Crippen molar-refractivity contribution in [3.05, 3.63) is 83.7 Å². The van der Waals surface area contributed by atoms with E-state index in [9.17, 15) is 9.18 Å². The molecule has 1 heterocycles. The van der Waals surface area contributed by atoms with Crippen LogP contribution in [0.4, 0.5) is 4.39 Å². The second-order valence-electron chi connectivity index (χ2n) is 5.43. The fourth-order valence-corrected chi connectivity index (χ4v) is 2.56. The van der Waals surface area contributed by atoms with Gasteiger partial charge < -0.3 is 5.32 Å². The molecular weight excluding hydrogens is 307 g/mol. The predicted octanol–water partition coefficient (Wildman–Crippen LogP) is 2.78. The van der Waals surface area contributed by atoms with Crippen LogP contribution in [0.5, 0.6) is 0 Å². The molecule has 1 atom stereocenters. The lowest BCUT2D eigenvalue weighted by Crippen LogP contribution is -2.25. The third kappa shape index (κ3) is 4.04. The van der Waals surface area contributed by atoms with E-state index in [0.29, 0.717) is 12.4 Å². The maximum absolute atomic E-state index is 13.2. The van der Waals surface area contributed by atoms with Crippen LogP contribution < -0.4 is 5.32 Å². The summed E-state index contributed by atoms with van der Waals surface area (Å²) in [7, 11) is 0. The summed E-state index contributed by atoms with van der Waals surface area (Å²) >= 11 is 0. The zero-order valence-corrected chi connectivity index (χ0v) is 12.9. The zero-order valence-electron chi connectivity index (χ0n) is 12.9. The fourth-order valence-electron chi connectivity index (χ4n) is 2.56. The predicted molar refractivity (Wildman–Crippen MR) is 87.5 cm³/mol. The summed E-state index contributed by atoms with van der Waals surface area (Å²) in [5.74, 6) is 0.0628. The Labute approximate surface area is 138 Å². The van der Waals surface area contributed by atoms with Crippen molar-refractivity contribution in [2.45, 2.75) is 18.9 Å². The van der Waals surface area contributed by atoms with E-state index in [-0.39, 0.29) is 24.1 Å². The molecule has 0 aliphatic rings. The molecule has 6 heteroatoms. The van der Waals surface area contributed by atoms with Crippen molar-refractivity contribution in [1.82, 2.24) is 20.5 Å². The standard InChI is InChI=1S/C18H17FN4O/c19-15-8-6-14(7-9-15)16(13-4-2-1-3-5-13)10-18(24)20-11-17-21-12-22-23-17/h1-9,12,16H,10-11H2,(H,20,24)(H,21,22,23). The van der Waals surface area contributed by atoms with E-state index in [2.05, 4.69) is 20.5 Å². The van der Waals surface area contributed by atoms with Crippen LogP contribution in [-0.4, -0.2) is 21.1 Å². The molecule has 5 nitrogen and oxygen atoms in total. The van der Waals surface area contributed by atoms with Gasteiger partial charge in [0.2, 0.25) is 5.91 Å². The van der Waals surface area contributed by atoms with Gasteiger partial charge in [-0.05, 0) is 23.3 Å². The first-order valence-corrected chi connectivity index (χ1v) is 7.64. The molecule has 0 aliphatic heterocycles. The van der Waals surface area contributed by atoms with Crippen LogP contribution in [0, 0.1) is 5.82 Å². The molecule has 0 bridgehead atoms. The monoisotopic (exact) mass is 324 g/mol. The Hall–Kier alpha value is -3.02. The second-order valence-corrected chi connectivity index (χ2v) is 5.43. The number of hydrogen-bond acceptors (Lipinski definition) is 3. The van der Waals surface area contributed by atoms with Gasteiger partial charge in [0.05, 0.1) is 6.54 Å². The molecule has 24 heavy (non-hydrogen) atoms. The maximum Gasteiger partial charge on any atom is 0.221 e. The number of amides is 1. The third-order valence-corrected chi connectivity index (χ3v) is 3.78. The molecule has 1 unspecified atom stereocenters. The van der Waals surface area contributed by atoms with Crippen molar-refractivity contribution >= 4 is 5.91 Å². The number of nitrogens with zero attached hydrogens (tertiary/aromatic N) is 2. The molecule has 0 aliphatic carbocycles. The van der Waals surface area contributed by atoms with E-state index >= 15 is 0 Å².